The third kappa shape index (κ3) is 14.6. The lowest BCUT2D eigenvalue weighted by atomic mass is 9.85. The van der Waals surface area contributed by atoms with Gasteiger partial charge in [-0.3, -0.25) is 24.0 Å². The molecule has 4 aromatic rings. The number of fused-ring (bicyclic) bond motifs is 1. The van der Waals surface area contributed by atoms with Crippen LogP contribution in [0.4, 0.5) is 4.79 Å². The standard InChI is InChI=1S/C49H66N8O10S.CH2O2/c1-30-43(68-29-52-30)32-12-10-31(11-13-32)23-51-45(60)39-22-34(58)24-57(39)47(62)44(49(2,3)4)53-42(59)28-67-19-18-66-17-15-50-48(63)56-16-14-35-36(26-55(7)46(61)37(35)27-56)33-20-40(64-8)38(25-54(5)6)41(21-33)65-9;2-1-3/h10-13,20-21,26,29,34,39,44,58H,14-19,22-25,27-28H2,1-9H3,(H,50,63)(H,51,60)(H,53,59);1H,(H,2,3)/t34-,39+,44?;/m1./s1. The molecule has 0 bridgehead atoms. The van der Waals surface area contributed by atoms with Gasteiger partial charge in [0.15, 0.2) is 0 Å². The van der Waals surface area contributed by atoms with Crippen LogP contribution in [0.25, 0.3) is 21.6 Å². The molecule has 1 fully saturated rings. The Kier molecular flexibility index (Phi) is 20.1. The molecule has 2 aromatic carbocycles. The first kappa shape index (κ1) is 55.5. The van der Waals surface area contributed by atoms with E-state index in [0.29, 0.717) is 36.6 Å². The number of rotatable bonds is 19. The van der Waals surface area contributed by atoms with Gasteiger partial charge in [0.1, 0.15) is 30.2 Å². The SMILES string of the molecule is COc1cc(-c2cn(C)c(=O)c3c2CCN(C(=O)NCCOCCOCC(=O)NC(C(=O)N2C[C@H](O)C[C@H]2C(=O)NCc2ccc(-c4scnc4C)cc2)C(C)(C)C)C3)cc(OC)c1CN(C)C.O=CO. The van der Waals surface area contributed by atoms with E-state index in [1.54, 1.807) is 43.0 Å². The van der Waals surface area contributed by atoms with Gasteiger partial charge in [0, 0.05) is 63.5 Å². The molecule has 20 nitrogen and oxygen atoms in total. The highest BCUT2D eigenvalue weighted by molar-refractivity contribution is 7.13. The summed E-state index contributed by atoms with van der Waals surface area (Å²) >= 11 is 1.56. The molecule has 5 amide bonds. The Balaban J connectivity index is 0.00000305. The number of ether oxygens (including phenoxy) is 4. The Hall–Kier alpha value is -6.39. The van der Waals surface area contributed by atoms with Gasteiger partial charge in [-0.25, -0.2) is 9.78 Å². The van der Waals surface area contributed by atoms with Crippen molar-refractivity contribution in [1.29, 1.82) is 0 Å². The van der Waals surface area contributed by atoms with Gasteiger partial charge in [-0.2, -0.15) is 0 Å². The quantitative estimate of drug-likeness (QED) is 0.0670. The number of hydrogen-bond acceptors (Lipinski definition) is 14. The van der Waals surface area contributed by atoms with Crippen LogP contribution in [0, 0.1) is 12.3 Å². The molecule has 0 saturated carbocycles. The van der Waals surface area contributed by atoms with Gasteiger partial charge in [0.25, 0.3) is 12.0 Å². The summed E-state index contributed by atoms with van der Waals surface area (Å²) in [6.07, 6.45) is 1.49. The van der Waals surface area contributed by atoms with Crippen LogP contribution in [0.1, 0.15) is 55.1 Å². The molecule has 0 radical (unpaired) electrons. The van der Waals surface area contributed by atoms with Crippen molar-refractivity contribution in [2.24, 2.45) is 12.5 Å². The Bertz CT molecular complexity index is 2520. The molecule has 6 rings (SSSR count). The number of pyridine rings is 1. The van der Waals surface area contributed by atoms with Crippen LogP contribution in [0.3, 0.4) is 0 Å². The van der Waals surface area contributed by atoms with E-state index in [4.69, 9.17) is 28.8 Å². The molecule has 2 aliphatic rings. The first-order valence-corrected chi connectivity index (χ1v) is 24.1. The van der Waals surface area contributed by atoms with Gasteiger partial charge in [0.05, 0.1) is 68.3 Å². The summed E-state index contributed by atoms with van der Waals surface area (Å²) in [5, 5.41) is 26.0. The highest BCUT2D eigenvalue weighted by atomic mass is 32.1. The fraction of sp³-hybridized carbons (Fsp3) is 0.500. The van der Waals surface area contributed by atoms with Crippen molar-refractivity contribution in [3.05, 3.63) is 86.4 Å². The monoisotopic (exact) mass is 1000 g/mol. The van der Waals surface area contributed by atoms with Crippen LogP contribution >= 0.6 is 11.3 Å². The molecular weight excluding hydrogens is 937 g/mol. The van der Waals surface area contributed by atoms with Crippen molar-refractivity contribution in [3.63, 3.8) is 0 Å². The lowest BCUT2D eigenvalue weighted by Gasteiger charge is -2.35. The molecule has 71 heavy (non-hydrogen) atoms. The van der Waals surface area contributed by atoms with E-state index in [1.807, 2.05) is 89.3 Å². The molecule has 5 N–H and O–H groups in total. The molecular formula is C50H68N8O12S. The number of aliphatic hydroxyl groups excluding tert-OH is 1. The van der Waals surface area contributed by atoms with E-state index in [2.05, 4.69) is 20.9 Å². The minimum absolute atomic E-state index is 0.0385. The molecule has 4 heterocycles. The van der Waals surface area contributed by atoms with Crippen LogP contribution in [-0.2, 0) is 61.8 Å². The third-order valence-electron chi connectivity index (χ3n) is 12.1. The number of aliphatic hydroxyl groups is 1. The number of benzene rings is 2. The van der Waals surface area contributed by atoms with Gasteiger partial charge in [-0.1, -0.05) is 45.0 Å². The van der Waals surface area contributed by atoms with E-state index < -0.39 is 35.4 Å². The highest BCUT2D eigenvalue weighted by Crippen LogP contribution is 2.38. The van der Waals surface area contributed by atoms with Gasteiger partial charge in [-0.05, 0) is 67.2 Å². The minimum atomic E-state index is -1.00. The van der Waals surface area contributed by atoms with E-state index in [0.717, 1.165) is 44.0 Å². The predicted octanol–water partition coefficient (Wildman–Crippen LogP) is 3.17. The largest absolute Gasteiger partial charge is 0.496 e. The van der Waals surface area contributed by atoms with Crippen molar-refractivity contribution in [1.82, 2.24) is 40.2 Å². The van der Waals surface area contributed by atoms with E-state index in [1.165, 1.54) is 9.47 Å². The number of β-amino-alcohol motifs (C(OH)–C–C–N with tert-alkyl or cyclic N) is 1. The van der Waals surface area contributed by atoms with Gasteiger partial charge < -0.3 is 64.4 Å². The average Bonchev–Trinajstić information content (AvgIpc) is 3.96. The zero-order chi connectivity index (χ0) is 52.0. The van der Waals surface area contributed by atoms with Crippen LogP contribution in [0.2, 0.25) is 0 Å². The molecule has 1 saturated heterocycles. The predicted molar refractivity (Wildman–Crippen MR) is 267 cm³/mol. The number of aromatic nitrogens is 2. The van der Waals surface area contributed by atoms with E-state index in [9.17, 15) is 29.1 Å². The first-order chi connectivity index (χ1) is 33.8. The molecule has 21 heteroatoms. The normalized spacial score (nSPS) is 15.8. The number of thiazole rings is 1. The zero-order valence-electron chi connectivity index (χ0n) is 42.0. The number of nitrogens with one attached hydrogen (secondary N) is 3. The van der Waals surface area contributed by atoms with Crippen molar-refractivity contribution in [2.45, 2.75) is 78.4 Å². The summed E-state index contributed by atoms with van der Waals surface area (Å²) < 4.78 is 24.3. The number of urea groups is 1. The summed E-state index contributed by atoms with van der Waals surface area (Å²) in [5.41, 5.74) is 7.86. The fourth-order valence-corrected chi connectivity index (χ4v) is 9.36. The number of amides is 5. The number of carbonyl (C=O) groups excluding carboxylic acids is 4. The third-order valence-corrected chi connectivity index (χ3v) is 13.1. The lowest BCUT2D eigenvalue weighted by Crippen LogP contribution is -2.58. The first-order valence-electron chi connectivity index (χ1n) is 23.2. The van der Waals surface area contributed by atoms with Crippen molar-refractivity contribution in [2.75, 3.05) is 74.4 Å². The van der Waals surface area contributed by atoms with Gasteiger partial charge in [0.2, 0.25) is 17.7 Å². The molecule has 0 aliphatic carbocycles. The average molecular weight is 1010 g/mol. The Morgan fingerprint density at radius 3 is 2.25 bits per heavy atom. The Morgan fingerprint density at radius 2 is 1.65 bits per heavy atom. The number of carbonyl (C=O) groups is 5. The van der Waals surface area contributed by atoms with E-state index >= 15 is 0 Å². The molecule has 2 aliphatic heterocycles. The maximum atomic E-state index is 14.0. The number of likely N-dealkylation sites (tertiary alicyclic amines) is 1. The lowest BCUT2D eigenvalue weighted by molar-refractivity contribution is -0.144. The highest BCUT2D eigenvalue weighted by Gasteiger charge is 2.44. The van der Waals surface area contributed by atoms with Gasteiger partial charge in [-0.15, -0.1) is 11.3 Å². The van der Waals surface area contributed by atoms with Crippen molar-refractivity contribution in [3.8, 4) is 33.1 Å². The summed E-state index contributed by atoms with van der Waals surface area (Å²) in [4.78, 5) is 85.9. The fourth-order valence-electron chi connectivity index (χ4n) is 8.54. The second kappa shape index (κ2) is 25.6. The summed E-state index contributed by atoms with van der Waals surface area (Å²) in [5.74, 6) is -0.0199. The van der Waals surface area contributed by atoms with Crippen LogP contribution in [0.5, 0.6) is 11.5 Å². The van der Waals surface area contributed by atoms with Gasteiger partial charge >= 0.3 is 6.03 Å². The topological polar surface area (TPSA) is 243 Å². The maximum absolute atomic E-state index is 14.0. The Morgan fingerprint density at radius 1 is 0.986 bits per heavy atom. The number of carboxylic acid groups (broad SMARTS) is 1. The van der Waals surface area contributed by atoms with Crippen LogP contribution in [0.15, 0.2) is 52.9 Å². The van der Waals surface area contributed by atoms with Crippen molar-refractivity contribution >= 4 is 41.6 Å². The Labute approximate surface area is 418 Å². The summed E-state index contributed by atoms with van der Waals surface area (Å²) in [7, 11) is 8.89. The second-order valence-corrected chi connectivity index (χ2v) is 19.5. The molecule has 2 aromatic heterocycles. The minimum Gasteiger partial charge on any atom is -0.496 e. The summed E-state index contributed by atoms with van der Waals surface area (Å²) in [6.45, 7) is 8.80. The molecule has 0 spiro atoms. The number of methoxy groups -OCH3 is 2. The van der Waals surface area contributed by atoms with Crippen LogP contribution in [-0.4, -0.2) is 157 Å². The second-order valence-electron chi connectivity index (χ2n) is 18.6. The smallest absolute Gasteiger partial charge is 0.317 e. The van der Waals surface area contributed by atoms with E-state index in [-0.39, 0.29) is 83.0 Å². The molecule has 3 atom stereocenters. The molecule has 1 unspecified atom stereocenters. The van der Waals surface area contributed by atoms with Crippen molar-refractivity contribution < 1.29 is 53.1 Å². The summed E-state index contributed by atoms with van der Waals surface area (Å²) in [6, 6.07) is 9.52. The maximum Gasteiger partial charge on any atom is 0.317 e. The number of nitrogens with zero attached hydrogens (tertiary/aromatic N) is 5. The van der Waals surface area contributed by atoms with Crippen LogP contribution < -0.4 is 31.0 Å². The zero-order valence-corrected chi connectivity index (χ0v) is 42.9. The number of aryl methyl sites for hydroxylation is 2. The molecule has 386 valence electrons. The number of hydrogen-bond donors (Lipinski definition) is 5.